The molecule has 0 bridgehead atoms. The molecule has 7 heteroatoms. The summed E-state index contributed by atoms with van der Waals surface area (Å²) >= 11 is 0. The first-order chi connectivity index (χ1) is 9.24. The number of anilines is 1. The Labute approximate surface area is 113 Å². The van der Waals surface area contributed by atoms with E-state index in [-0.39, 0.29) is 18.4 Å². The largest absolute Gasteiger partial charge is 0.418 e. The van der Waals surface area contributed by atoms with Gasteiger partial charge in [-0.25, -0.2) is 0 Å². The number of aliphatic hydroxyl groups excluding tert-OH is 1. The number of amides is 1. The Morgan fingerprint density at radius 1 is 1.50 bits per heavy atom. The van der Waals surface area contributed by atoms with Crippen molar-refractivity contribution in [3.8, 4) is 6.07 Å². The molecule has 0 aromatic heterocycles. The van der Waals surface area contributed by atoms with Gasteiger partial charge >= 0.3 is 6.18 Å². The van der Waals surface area contributed by atoms with Gasteiger partial charge in [-0.3, -0.25) is 4.79 Å². The molecule has 0 radical (unpaired) electrons. The van der Waals surface area contributed by atoms with E-state index in [0.29, 0.717) is 6.07 Å². The summed E-state index contributed by atoms with van der Waals surface area (Å²) in [5, 5.41) is 19.8. The molecule has 108 valence electrons. The molecule has 0 saturated carbocycles. The van der Waals surface area contributed by atoms with Crippen molar-refractivity contribution in [3.05, 3.63) is 29.3 Å². The van der Waals surface area contributed by atoms with Gasteiger partial charge < -0.3 is 10.4 Å². The van der Waals surface area contributed by atoms with Crippen LogP contribution in [0.15, 0.2) is 18.2 Å². The maximum Gasteiger partial charge on any atom is 0.418 e. The van der Waals surface area contributed by atoms with Crippen LogP contribution < -0.4 is 5.32 Å². The summed E-state index contributed by atoms with van der Waals surface area (Å²) in [6, 6.07) is 4.54. The maximum atomic E-state index is 12.8. The van der Waals surface area contributed by atoms with Crippen molar-refractivity contribution in [2.75, 3.05) is 5.32 Å². The summed E-state index contributed by atoms with van der Waals surface area (Å²) in [7, 11) is 0. The summed E-state index contributed by atoms with van der Waals surface area (Å²) in [6.45, 7) is 1.48. The molecule has 0 aliphatic heterocycles. The van der Waals surface area contributed by atoms with E-state index in [1.165, 1.54) is 13.0 Å². The van der Waals surface area contributed by atoms with Crippen LogP contribution in [0.1, 0.15) is 30.9 Å². The maximum absolute atomic E-state index is 12.8. The SMILES string of the molecule is CC(O)CCC(=O)Nc1ccc(C#N)cc1C(F)(F)F. The second-order valence-corrected chi connectivity index (χ2v) is 4.31. The zero-order chi connectivity index (χ0) is 15.3. The number of nitrogens with zero attached hydrogens (tertiary/aromatic N) is 1. The van der Waals surface area contributed by atoms with Gasteiger partial charge in [-0.2, -0.15) is 18.4 Å². The Morgan fingerprint density at radius 2 is 2.15 bits per heavy atom. The molecule has 1 rings (SSSR count). The van der Waals surface area contributed by atoms with Crippen LogP contribution in [-0.2, 0) is 11.0 Å². The van der Waals surface area contributed by atoms with Gasteiger partial charge in [-0.15, -0.1) is 0 Å². The lowest BCUT2D eigenvalue weighted by molar-refractivity contribution is -0.137. The van der Waals surface area contributed by atoms with E-state index < -0.39 is 29.4 Å². The number of alkyl halides is 3. The van der Waals surface area contributed by atoms with Crippen LogP contribution in [0.3, 0.4) is 0 Å². The van der Waals surface area contributed by atoms with Gasteiger partial charge in [0, 0.05) is 6.42 Å². The summed E-state index contributed by atoms with van der Waals surface area (Å²) in [4.78, 5) is 11.5. The third kappa shape index (κ3) is 4.55. The average Bonchev–Trinajstić information content (AvgIpc) is 2.35. The van der Waals surface area contributed by atoms with Crippen molar-refractivity contribution in [1.29, 1.82) is 5.26 Å². The van der Waals surface area contributed by atoms with Crippen molar-refractivity contribution >= 4 is 11.6 Å². The van der Waals surface area contributed by atoms with Gasteiger partial charge in [0.2, 0.25) is 5.91 Å². The van der Waals surface area contributed by atoms with Crippen LogP contribution in [0, 0.1) is 11.3 Å². The minimum atomic E-state index is -4.67. The van der Waals surface area contributed by atoms with E-state index in [2.05, 4.69) is 5.32 Å². The Balaban J connectivity index is 2.95. The highest BCUT2D eigenvalue weighted by Crippen LogP contribution is 2.35. The van der Waals surface area contributed by atoms with E-state index in [9.17, 15) is 18.0 Å². The fraction of sp³-hybridized carbons (Fsp3) is 0.385. The van der Waals surface area contributed by atoms with Gasteiger partial charge in [-0.05, 0) is 31.5 Å². The minimum Gasteiger partial charge on any atom is -0.393 e. The molecule has 1 unspecified atom stereocenters. The highest BCUT2D eigenvalue weighted by Gasteiger charge is 2.34. The Hall–Kier alpha value is -2.07. The van der Waals surface area contributed by atoms with Crippen molar-refractivity contribution in [3.63, 3.8) is 0 Å². The lowest BCUT2D eigenvalue weighted by Gasteiger charge is -2.14. The number of halogens is 3. The number of nitriles is 1. The average molecular weight is 286 g/mol. The Bertz CT molecular complexity index is 533. The normalized spacial score (nSPS) is 12.6. The predicted molar refractivity (Wildman–Crippen MR) is 65.7 cm³/mol. The van der Waals surface area contributed by atoms with Crippen LogP contribution >= 0.6 is 0 Å². The summed E-state index contributed by atoms with van der Waals surface area (Å²) in [6.07, 6.45) is -5.30. The first-order valence-corrected chi connectivity index (χ1v) is 5.83. The fourth-order valence-electron chi connectivity index (χ4n) is 1.51. The fourth-order valence-corrected chi connectivity index (χ4v) is 1.51. The number of aliphatic hydroxyl groups is 1. The second-order valence-electron chi connectivity index (χ2n) is 4.31. The zero-order valence-electron chi connectivity index (χ0n) is 10.7. The molecular formula is C13H13F3N2O2. The van der Waals surface area contributed by atoms with Crippen LogP contribution in [-0.4, -0.2) is 17.1 Å². The molecule has 4 nitrogen and oxygen atoms in total. The summed E-state index contributed by atoms with van der Waals surface area (Å²) < 4.78 is 38.5. The molecule has 0 aliphatic rings. The number of carbonyl (C=O) groups is 1. The minimum absolute atomic E-state index is 0.0883. The quantitative estimate of drug-likeness (QED) is 0.893. The van der Waals surface area contributed by atoms with Gasteiger partial charge in [0.25, 0.3) is 0 Å². The van der Waals surface area contributed by atoms with Gasteiger partial charge in [0.1, 0.15) is 0 Å². The zero-order valence-corrected chi connectivity index (χ0v) is 10.7. The number of nitrogens with one attached hydrogen (secondary N) is 1. The Morgan fingerprint density at radius 3 is 2.65 bits per heavy atom. The molecule has 0 fully saturated rings. The number of hydrogen-bond acceptors (Lipinski definition) is 3. The molecule has 0 saturated heterocycles. The molecule has 0 spiro atoms. The summed E-state index contributed by atoms with van der Waals surface area (Å²) in [5.74, 6) is -0.624. The van der Waals surface area contributed by atoms with Crippen molar-refractivity contribution in [2.45, 2.75) is 32.0 Å². The molecule has 1 aromatic carbocycles. The molecule has 1 amide bonds. The monoisotopic (exact) mass is 286 g/mol. The van der Waals surface area contributed by atoms with Crippen LogP contribution in [0.2, 0.25) is 0 Å². The van der Waals surface area contributed by atoms with E-state index in [1.54, 1.807) is 6.07 Å². The van der Waals surface area contributed by atoms with E-state index >= 15 is 0 Å². The van der Waals surface area contributed by atoms with Gasteiger partial charge in [0.05, 0.1) is 29.0 Å². The van der Waals surface area contributed by atoms with Crippen LogP contribution in [0.5, 0.6) is 0 Å². The first kappa shape index (κ1) is 16.0. The standard InChI is InChI=1S/C13H13F3N2O2/c1-8(19)2-5-12(20)18-11-4-3-9(7-17)6-10(11)13(14,15)16/h3-4,6,8,19H,2,5H2,1H3,(H,18,20). The van der Waals surface area contributed by atoms with Crippen LogP contribution in [0.25, 0.3) is 0 Å². The number of hydrogen-bond donors (Lipinski definition) is 2. The topological polar surface area (TPSA) is 73.1 Å². The van der Waals surface area contributed by atoms with E-state index in [0.717, 1.165) is 6.07 Å². The number of benzene rings is 1. The second kappa shape index (κ2) is 6.39. The molecule has 1 aromatic rings. The number of rotatable bonds is 4. The van der Waals surface area contributed by atoms with E-state index in [1.807, 2.05) is 0 Å². The molecule has 20 heavy (non-hydrogen) atoms. The smallest absolute Gasteiger partial charge is 0.393 e. The highest BCUT2D eigenvalue weighted by atomic mass is 19.4. The number of carbonyl (C=O) groups excluding carboxylic acids is 1. The third-order valence-corrected chi connectivity index (χ3v) is 2.52. The lowest BCUT2D eigenvalue weighted by Crippen LogP contribution is -2.17. The summed E-state index contributed by atoms with van der Waals surface area (Å²) in [5.41, 5.74) is -1.60. The van der Waals surface area contributed by atoms with Crippen molar-refractivity contribution < 1.29 is 23.1 Å². The Kier molecular flexibility index (Phi) is 5.11. The van der Waals surface area contributed by atoms with Crippen molar-refractivity contribution in [2.24, 2.45) is 0 Å². The lowest BCUT2D eigenvalue weighted by atomic mass is 10.1. The van der Waals surface area contributed by atoms with E-state index in [4.69, 9.17) is 10.4 Å². The third-order valence-electron chi connectivity index (χ3n) is 2.52. The van der Waals surface area contributed by atoms with Crippen LogP contribution in [0.4, 0.5) is 18.9 Å². The van der Waals surface area contributed by atoms with Crippen molar-refractivity contribution in [1.82, 2.24) is 0 Å². The highest BCUT2D eigenvalue weighted by molar-refractivity contribution is 5.91. The molecular weight excluding hydrogens is 273 g/mol. The molecule has 0 aliphatic carbocycles. The van der Waals surface area contributed by atoms with Gasteiger partial charge in [0.15, 0.2) is 0 Å². The predicted octanol–water partition coefficient (Wildman–Crippen LogP) is 2.68. The molecule has 0 heterocycles. The van der Waals surface area contributed by atoms with Gasteiger partial charge in [-0.1, -0.05) is 0 Å². The molecule has 1 atom stereocenters. The first-order valence-electron chi connectivity index (χ1n) is 5.83. The molecule has 2 N–H and O–H groups in total.